The van der Waals surface area contributed by atoms with Crippen molar-refractivity contribution in [1.82, 2.24) is 4.90 Å². The minimum absolute atomic E-state index is 0.000498. The third-order valence-electron chi connectivity index (χ3n) is 2.71. The van der Waals surface area contributed by atoms with E-state index in [1.807, 2.05) is 13.8 Å². The van der Waals surface area contributed by atoms with Crippen LogP contribution in [0.25, 0.3) is 0 Å². The molecule has 0 unspecified atom stereocenters. The number of hydrogen-bond donors (Lipinski definition) is 1. The van der Waals surface area contributed by atoms with Crippen molar-refractivity contribution in [3.63, 3.8) is 0 Å². The van der Waals surface area contributed by atoms with Crippen LogP contribution in [0.5, 0.6) is 0 Å². The van der Waals surface area contributed by atoms with Gasteiger partial charge in [-0.25, -0.2) is 9.18 Å². The molecule has 0 fully saturated rings. The lowest BCUT2D eigenvalue weighted by atomic mass is 10.2. The smallest absolute Gasteiger partial charge is 0.341 e. The lowest BCUT2D eigenvalue weighted by molar-refractivity contribution is -0.134. The summed E-state index contributed by atoms with van der Waals surface area (Å²) < 4.78 is 18.2. The molecule has 19 heavy (non-hydrogen) atoms. The third kappa shape index (κ3) is 3.94. The molecule has 0 atom stereocenters. The molecule has 0 heterocycles. The first kappa shape index (κ1) is 14.9. The number of amides is 1. The third-order valence-corrected chi connectivity index (χ3v) is 2.71. The largest absolute Gasteiger partial charge is 0.452 e. The Morgan fingerprint density at radius 1 is 1.42 bits per heavy atom. The fourth-order valence-electron chi connectivity index (χ4n) is 1.29. The first-order valence-corrected chi connectivity index (χ1v) is 5.80. The van der Waals surface area contributed by atoms with E-state index in [-0.39, 0.29) is 23.2 Å². The number of anilines is 1. The highest BCUT2D eigenvalue weighted by molar-refractivity contribution is 5.91. The molecular weight excluding hydrogens is 251 g/mol. The van der Waals surface area contributed by atoms with Gasteiger partial charge < -0.3 is 15.4 Å². The van der Waals surface area contributed by atoms with Crippen LogP contribution in [0.1, 0.15) is 24.2 Å². The normalized spacial score (nSPS) is 10.4. The average molecular weight is 268 g/mol. The molecule has 1 aromatic carbocycles. The molecule has 5 nitrogen and oxygen atoms in total. The molecule has 0 aliphatic carbocycles. The number of halogens is 1. The molecule has 1 aromatic rings. The van der Waals surface area contributed by atoms with Crippen LogP contribution in [-0.2, 0) is 9.53 Å². The second kappa shape index (κ2) is 6.17. The minimum Gasteiger partial charge on any atom is -0.452 e. The summed E-state index contributed by atoms with van der Waals surface area (Å²) in [4.78, 5) is 24.6. The van der Waals surface area contributed by atoms with E-state index in [0.717, 1.165) is 6.07 Å². The maximum absolute atomic E-state index is 13.4. The number of esters is 1. The Labute approximate surface area is 111 Å². The van der Waals surface area contributed by atoms with Crippen molar-refractivity contribution in [2.75, 3.05) is 19.4 Å². The van der Waals surface area contributed by atoms with Crippen LogP contribution in [0.4, 0.5) is 10.1 Å². The van der Waals surface area contributed by atoms with Crippen molar-refractivity contribution in [3.8, 4) is 0 Å². The second-order valence-corrected chi connectivity index (χ2v) is 4.41. The molecule has 0 bridgehead atoms. The number of hydrogen-bond acceptors (Lipinski definition) is 4. The Morgan fingerprint density at radius 3 is 2.58 bits per heavy atom. The zero-order valence-corrected chi connectivity index (χ0v) is 11.1. The summed E-state index contributed by atoms with van der Waals surface area (Å²) in [6.07, 6.45) is 0. The maximum atomic E-state index is 13.4. The van der Waals surface area contributed by atoms with Crippen molar-refractivity contribution >= 4 is 17.6 Å². The van der Waals surface area contributed by atoms with Crippen LogP contribution in [0.2, 0.25) is 0 Å². The number of nitrogen functional groups attached to an aromatic ring is 1. The summed E-state index contributed by atoms with van der Waals surface area (Å²) >= 11 is 0. The van der Waals surface area contributed by atoms with E-state index in [0.29, 0.717) is 0 Å². The predicted molar refractivity (Wildman–Crippen MR) is 69.0 cm³/mol. The van der Waals surface area contributed by atoms with E-state index in [4.69, 9.17) is 10.5 Å². The lowest BCUT2D eigenvalue weighted by Crippen LogP contribution is -2.36. The molecule has 0 radical (unpaired) electrons. The molecule has 0 aliphatic rings. The summed E-state index contributed by atoms with van der Waals surface area (Å²) in [5, 5.41) is 0. The summed E-state index contributed by atoms with van der Waals surface area (Å²) in [5.41, 5.74) is 5.34. The Bertz CT molecular complexity index is 489. The van der Waals surface area contributed by atoms with Crippen LogP contribution in [0, 0.1) is 5.82 Å². The molecule has 6 heteroatoms. The number of ether oxygens (including phenoxy) is 1. The highest BCUT2D eigenvalue weighted by atomic mass is 19.1. The Hall–Kier alpha value is -2.11. The highest BCUT2D eigenvalue weighted by Crippen LogP contribution is 2.13. The van der Waals surface area contributed by atoms with Crippen LogP contribution in [0.15, 0.2) is 18.2 Å². The van der Waals surface area contributed by atoms with Gasteiger partial charge in [-0.15, -0.1) is 0 Å². The molecule has 2 N–H and O–H groups in total. The van der Waals surface area contributed by atoms with Gasteiger partial charge in [0.15, 0.2) is 6.61 Å². The molecular formula is C13H17FN2O3. The van der Waals surface area contributed by atoms with Gasteiger partial charge in [-0.1, -0.05) is 0 Å². The Kier molecular flexibility index (Phi) is 4.86. The quantitative estimate of drug-likeness (QED) is 0.662. The highest BCUT2D eigenvalue weighted by Gasteiger charge is 2.17. The van der Waals surface area contributed by atoms with Gasteiger partial charge in [-0.2, -0.15) is 0 Å². The van der Waals surface area contributed by atoms with Crippen LogP contribution >= 0.6 is 0 Å². The standard InChI is InChI=1S/C13H17FN2O3/c1-8(2)16(3)12(17)7-19-13(18)10-5-4-9(15)6-11(10)14/h4-6,8H,7,15H2,1-3H3. The lowest BCUT2D eigenvalue weighted by Gasteiger charge is -2.21. The molecule has 0 saturated carbocycles. The number of nitrogens with zero attached hydrogens (tertiary/aromatic N) is 1. The van der Waals surface area contributed by atoms with Gasteiger partial charge in [0.1, 0.15) is 5.82 Å². The van der Waals surface area contributed by atoms with E-state index in [1.165, 1.54) is 17.0 Å². The zero-order chi connectivity index (χ0) is 14.6. The van der Waals surface area contributed by atoms with Gasteiger partial charge in [0, 0.05) is 18.8 Å². The summed E-state index contributed by atoms with van der Waals surface area (Å²) in [6.45, 7) is 3.25. The molecule has 1 rings (SSSR count). The monoisotopic (exact) mass is 268 g/mol. The summed E-state index contributed by atoms with van der Waals surface area (Å²) in [7, 11) is 1.60. The van der Waals surface area contributed by atoms with Gasteiger partial charge in [0.25, 0.3) is 5.91 Å². The first-order valence-electron chi connectivity index (χ1n) is 5.80. The Balaban J connectivity index is 2.63. The average Bonchev–Trinajstić information content (AvgIpc) is 2.34. The van der Waals surface area contributed by atoms with Crippen molar-refractivity contribution in [2.45, 2.75) is 19.9 Å². The topological polar surface area (TPSA) is 72.6 Å². The molecule has 0 aliphatic heterocycles. The number of likely N-dealkylation sites (N-methyl/N-ethyl adjacent to an activating group) is 1. The van der Waals surface area contributed by atoms with Gasteiger partial charge in [-0.05, 0) is 32.0 Å². The SMILES string of the molecule is CC(C)N(C)C(=O)COC(=O)c1ccc(N)cc1F. The minimum atomic E-state index is -0.886. The van der Waals surface area contributed by atoms with Crippen molar-refractivity contribution in [1.29, 1.82) is 0 Å². The number of benzene rings is 1. The van der Waals surface area contributed by atoms with Crippen LogP contribution in [-0.4, -0.2) is 36.5 Å². The van der Waals surface area contributed by atoms with Gasteiger partial charge in [-0.3, -0.25) is 4.79 Å². The maximum Gasteiger partial charge on any atom is 0.341 e. The predicted octanol–water partition coefficient (Wildman–Crippen LogP) is 1.43. The van der Waals surface area contributed by atoms with Crippen molar-refractivity contribution in [3.05, 3.63) is 29.6 Å². The molecule has 0 aromatic heterocycles. The van der Waals surface area contributed by atoms with Gasteiger partial charge in [0.05, 0.1) is 5.56 Å². The first-order chi connectivity index (χ1) is 8.82. The van der Waals surface area contributed by atoms with E-state index < -0.39 is 18.4 Å². The Morgan fingerprint density at radius 2 is 2.05 bits per heavy atom. The molecule has 104 valence electrons. The van der Waals surface area contributed by atoms with E-state index in [9.17, 15) is 14.0 Å². The van der Waals surface area contributed by atoms with Gasteiger partial charge >= 0.3 is 5.97 Å². The van der Waals surface area contributed by atoms with Crippen LogP contribution in [0.3, 0.4) is 0 Å². The zero-order valence-electron chi connectivity index (χ0n) is 11.1. The van der Waals surface area contributed by atoms with Gasteiger partial charge in [0.2, 0.25) is 0 Å². The number of nitrogens with two attached hydrogens (primary N) is 1. The van der Waals surface area contributed by atoms with Crippen molar-refractivity contribution in [2.24, 2.45) is 0 Å². The van der Waals surface area contributed by atoms with Crippen LogP contribution < -0.4 is 5.73 Å². The molecule has 0 spiro atoms. The number of carbonyl (C=O) groups excluding carboxylic acids is 2. The second-order valence-electron chi connectivity index (χ2n) is 4.41. The fraction of sp³-hybridized carbons (Fsp3) is 0.385. The van der Waals surface area contributed by atoms with Crippen molar-refractivity contribution < 1.29 is 18.7 Å². The van der Waals surface area contributed by atoms with E-state index in [1.54, 1.807) is 7.05 Å². The molecule has 0 saturated heterocycles. The summed E-state index contributed by atoms with van der Waals surface area (Å²) in [5.74, 6) is -2.00. The number of rotatable bonds is 4. The molecule has 1 amide bonds. The fourth-order valence-corrected chi connectivity index (χ4v) is 1.29. The summed E-state index contributed by atoms with van der Waals surface area (Å²) in [6, 6.07) is 3.64. The number of carbonyl (C=O) groups is 2. The van der Waals surface area contributed by atoms with E-state index >= 15 is 0 Å². The van der Waals surface area contributed by atoms with E-state index in [2.05, 4.69) is 0 Å².